The molecule has 7 heteroatoms. The number of nitrogens with zero attached hydrogens (tertiary/aromatic N) is 4. The first kappa shape index (κ1) is 18.8. The molecule has 3 aromatic heterocycles. The Kier molecular flexibility index (Phi) is 5.12. The zero-order valence-corrected chi connectivity index (χ0v) is 16.2. The molecular formula is C20H24FN5O. The number of fused-ring (bicyclic) bond motifs is 1. The number of hydrogen-bond acceptors (Lipinski definition) is 4. The van der Waals surface area contributed by atoms with Crippen molar-refractivity contribution in [2.24, 2.45) is 0 Å². The highest BCUT2D eigenvalue weighted by atomic mass is 19.1. The Balaban J connectivity index is 2.04. The van der Waals surface area contributed by atoms with Gasteiger partial charge in [0.1, 0.15) is 18.2 Å². The van der Waals surface area contributed by atoms with Crippen molar-refractivity contribution in [1.82, 2.24) is 19.4 Å². The van der Waals surface area contributed by atoms with Crippen LogP contribution in [0.4, 0.5) is 15.9 Å². The van der Waals surface area contributed by atoms with E-state index in [2.05, 4.69) is 15.3 Å². The summed E-state index contributed by atoms with van der Waals surface area (Å²) in [6.07, 6.45) is 4.80. The molecule has 0 aliphatic heterocycles. The standard InChI is InChI=1S/C20H24FN5O/c1-12(2)18-19(13(3)15(21)10-23-18)24-20-14-7-9-26(11-17(27)25(4)5)16(14)6-8-22-20/h6-10,12H,11H2,1-5H3,(H,22,24). The highest BCUT2D eigenvalue weighted by Crippen LogP contribution is 2.32. The first-order valence-corrected chi connectivity index (χ1v) is 8.85. The number of carbonyl (C=O) groups is 1. The van der Waals surface area contributed by atoms with Crippen LogP contribution in [0.3, 0.4) is 0 Å². The second-order valence-electron chi connectivity index (χ2n) is 7.10. The Hall–Kier alpha value is -2.96. The predicted octanol–water partition coefficient (Wildman–Crippen LogP) is 3.83. The zero-order chi connectivity index (χ0) is 19.7. The molecule has 1 N–H and O–H groups in total. The lowest BCUT2D eigenvalue weighted by atomic mass is 10.0. The maximum atomic E-state index is 14.1. The van der Waals surface area contributed by atoms with Crippen molar-refractivity contribution in [3.05, 3.63) is 47.8 Å². The number of aromatic nitrogens is 3. The third-order valence-electron chi connectivity index (χ3n) is 4.60. The van der Waals surface area contributed by atoms with Gasteiger partial charge in [0.15, 0.2) is 0 Å². The SMILES string of the molecule is Cc1c(F)cnc(C(C)C)c1Nc1nccc2c1ccn2CC(=O)N(C)C. The summed E-state index contributed by atoms with van der Waals surface area (Å²) in [6.45, 7) is 6.01. The summed E-state index contributed by atoms with van der Waals surface area (Å²) in [4.78, 5) is 22.3. The molecule has 0 atom stereocenters. The average Bonchev–Trinajstić information content (AvgIpc) is 3.02. The normalized spacial score (nSPS) is 11.2. The van der Waals surface area contributed by atoms with Crippen LogP contribution in [0.1, 0.15) is 31.0 Å². The summed E-state index contributed by atoms with van der Waals surface area (Å²) < 4.78 is 16.0. The second-order valence-corrected chi connectivity index (χ2v) is 7.10. The zero-order valence-electron chi connectivity index (χ0n) is 16.2. The predicted molar refractivity (Wildman–Crippen MR) is 105 cm³/mol. The fraction of sp³-hybridized carbons (Fsp3) is 0.350. The smallest absolute Gasteiger partial charge is 0.241 e. The number of amides is 1. The van der Waals surface area contributed by atoms with E-state index >= 15 is 0 Å². The van der Waals surface area contributed by atoms with Crippen LogP contribution in [0, 0.1) is 12.7 Å². The maximum Gasteiger partial charge on any atom is 0.241 e. The molecule has 3 heterocycles. The number of hydrogen-bond donors (Lipinski definition) is 1. The summed E-state index contributed by atoms with van der Waals surface area (Å²) >= 11 is 0. The van der Waals surface area contributed by atoms with Crippen molar-refractivity contribution < 1.29 is 9.18 Å². The van der Waals surface area contributed by atoms with Crippen LogP contribution in [-0.4, -0.2) is 39.4 Å². The van der Waals surface area contributed by atoms with Gasteiger partial charge in [-0.1, -0.05) is 13.8 Å². The van der Waals surface area contributed by atoms with E-state index in [1.165, 1.54) is 6.20 Å². The Morgan fingerprint density at radius 2 is 2.04 bits per heavy atom. The van der Waals surface area contributed by atoms with E-state index in [-0.39, 0.29) is 24.2 Å². The fourth-order valence-electron chi connectivity index (χ4n) is 2.96. The van der Waals surface area contributed by atoms with Gasteiger partial charge in [0.25, 0.3) is 0 Å². The number of nitrogens with one attached hydrogen (secondary N) is 1. The minimum absolute atomic E-state index is 0.00564. The molecule has 0 aliphatic rings. The van der Waals surface area contributed by atoms with Gasteiger partial charge >= 0.3 is 0 Å². The molecule has 3 rings (SSSR count). The average molecular weight is 369 g/mol. The molecule has 0 fully saturated rings. The van der Waals surface area contributed by atoms with E-state index in [0.29, 0.717) is 17.1 Å². The Bertz CT molecular complexity index is 993. The van der Waals surface area contributed by atoms with Crippen LogP contribution >= 0.6 is 0 Å². The molecule has 0 saturated heterocycles. The monoisotopic (exact) mass is 369 g/mol. The number of anilines is 2. The van der Waals surface area contributed by atoms with Crippen molar-refractivity contribution >= 4 is 28.3 Å². The van der Waals surface area contributed by atoms with Crippen LogP contribution in [0.2, 0.25) is 0 Å². The third-order valence-corrected chi connectivity index (χ3v) is 4.60. The Labute approximate surface area is 158 Å². The lowest BCUT2D eigenvalue weighted by molar-refractivity contribution is -0.129. The minimum atomic E-state index is -0.358. The molecular weight excluding hydrogens is 345 g/mol. The van der Waals surface area contributed by atoms with E-state index in [1.54, 1.807) is 32.1 Å². The molecule has 0 unspecified atom stereocenters. The summed E-state index contributed by atoms with van der Waals surface area (Å²) in [5.41, 5.74) is 2.82. The fourth-order valence-corrected chi connectivity index (χ4v) is 2.96. The highest BCUT2D eigenvalue weighted by molar-refractivity contribution is 5.93. The molecule has 0 aliphatic carbocycles. The Morgan fingerprint density at radius 3 is 2.70 bits per heavy atom. The van der Waals surface area contributed by atoms with Crippen molar-refractivity contribution in [2.45, 2.75) is 33.2 Å². The first-order valence-electron chi connectivity index (χ1n) is 8.85. The van der Waals surface area contributed by atoms with Crippen molar-refractivity contribution in [3.63, 3.8) is 0 Å². The molecule has 3 aromatic rings. The summed E-state index contributed by atoms with van der Waals surface area (Å²) in [6, 6.07) is 3.77. The van der Waals surface area contributed by atoms with Crippen molar-refractivity contribution in [1.29, 1.82) is 0 Å². The number of likely N-dealkylation sites (N-methyl/N-ethyl adjacent to an activating group) is 1. The minimum Gasteiger partial charge on any atom is -0.347 e. The molecule has 0 saturated carbocycles. The van der Waals surface area contributed by atoms with Crippen LogP contribution in [0.25, 0.3) is 10.9 Å². The maximum absolute atomic E-state index is 14.1. The lowest BCUT2D eigenvalue weighted by Gasteiger charge is -2.17. The lowest BCUT2D eigenvalue weighted by Crippen LogP contribution is -2.25. The molecule has 0 bridgehead atoms. The van der Waals surface area contributed by atoms with E-state index in [9.17, 15) is 9.18 Å². The molecule has 1 amide bonds. The van der Waals surface area contributed by atoms with E-state index < -0.39 is 0 Å². The quantitative estimate of drug-likeness (QED) is 0.742. The van der Waals surface area contributed by atoms with Gasteiger partial charge in [-0.3, -0.25) is 9.78 Å². The number of rotatable bonds is 5. The van der Waals surface area contributed by atoms with Crippen LogP contribution in [-0.2, 0) is 11.3 Å². The molecule has 0 spiro atoms. The highest BCUT2D eigenvalue weighted by Gasteiger charge is 2.17. The van der Waals surface area contributed by atoms with Crippen LogP contribution in [0.5, 0.6) is 0 Å². The first-order chi connectivity index (χ1) is 12.8. The summed E-state index contributed by atoms with van der Waals surface area (Å²) in [5, 5.41) is 4.14. The molecule has 0 aromatic carbocycles. The third kappa shape index (κ3) is 3.63. The molecule has 0 radical (unpaired) electrons. The van der Waals surface area contributed by atoms with Crippen molar-refractivity contribution in [3.8, 4) is 0 Å². The Morgan fingerprint density at radius 1 is 1.30 bits per heavy atom. The van der Waals surface area contributed by atoms with Crippen molar-refractivity contribution in [2.75, 3.05) is 19.4 Å². The van der Waals surface area contributed by atoms with Gasteiger partial charge in [-0.05, 0) is 25.0 Å². The van der Waals surface area contributed by atoms with Gasteiger partial charge in [-0.15, -0.1) is 0 Å². The summed E-state index contributed by atoms with van der Waals surface area (Å²) in [5.74, 6) is 0.392. The van der Waals surface area contributed by atoms with Gasteiger partial charge < -0.3 is 14.8 Å². The number of carbonyl (C=O) groups excluding carboxylic acids is 1. The largest absolute Gasteiger partial charge is 0.347 e. The van der Waals surface area contributed by atoms with Crippen LogP contribution < -0.4 is 5.32 Å². The molecule has 6 nitrogen and oxygen atoms in total. The number of halogens is 1. The molecule has 142 valence electrons. The van der Waals surface area contributed by atoms with E-state index in [4.69, 9.17) is 0 Å². The second kappa shape index (κ2) is 7.34. The number of pyridine rings is 2. The molecule has 27 heavy (non-hydrogen) atoms. The van der Waals surface area contributed by atoms with Gasteiger partial charge in [-0.2, -0.15) is 0 Å². The summed E-state index contributed by atoms with van der Waals surface area (Å²) in [7, 11) is 3.46. The van der Waals surface area contributed by atoms with Gasteiger partial charge in [0.05, 0.1) is 23.1 Å². The van der Waals surface area contributed by atoms with Gasteiger partial charge in [0, 0.05) is 37.4 Å². The van der Waals surface area contributed by atoms with E-state index in [0.717, 1.165) is 16.6 Å². The van der Waals surface area contributed by atoms with Crippen LogP contribution in [0.15, 0.2) is 30.7 Å². The van der Waals surface area contributed by atoms with E-state index in [1.807, 2.05) is 36.7 Å². The van der Waals surface area contributed by atoms with Gasteiger partial charge in [-0.25, -0.2) is 9.37 Å². The topological polar surface area (TPSA) is 63.1 Å². The van der Waals surface area contributed by atoms with Gasteiger partial charge in [0.2, 0.25) is 5.91 Å².